The van der Waals surface area contributed by atoms with Gasteiger partial charge in [-0.2, -0.15) is 0 Å². The molecule has 37 heavy (non-hydrogen) atoms. The summed E-state index contributed by atoms with van der Waals surface area (Å²) < 4.78 is 32.6. The van der Waals surface area contributed by atoms with Gasteiger partial charge in [-0.15, -0.1) is 0 Å². The number of anilines is 1. The van der Waals surface area contributed by atoms with Crippen LogP contribution in [0.15, 0.2) is 83.8 Å². The number of rotatable bonds is 10. The predicted molar refractivity (Wildman–Crippen MR) is 137 cm³/mol. The van der Waals surface area contributed by atoms with E-state index in [1.807, 2.05) is 10.8 Å². The predicted octanol–water partition coefficient (Wildman–Crippen LogP) is 3.05. The molecule has 3 rings (SSSR count). The fourth-order valence-corrected chi connectivity index (χ4v) is 4.82. The second-order valence-electron chi connectivity index (χ2n) is 7.90. The number of hydrogen-bond acceptors (Lipinski definition) is 6. The van der Waals surface area contributed by atoms with Crippen molar-refractivity contribution in [3.05, 3.63) is 90.0 Å². The van der Waals surface area contributed by atoms with Gasteiger partial charge in [-0.25, -0.2) is 22.7 Å². The molecule has 0 spiro atoms. The Morgan fingerprint density at radius 2 is 1.57 bits per heavy atom. The average Bonchev–Trinajstić information content (AvgIpc) is 2.89. The van der Waals surface area contributed by atoms with Crippen LogP contribution in [-0.4, -0.2) is 51.1 Å². The molecule has 0 saturated carbocycles. The Morgan fingerprint density at radius 3 is 2.16 bits per heavy atom. The molecule has 1 atom stereocenters. The number of hydrogen-bond donors (Lipinski definition) is 3. The Balaban J connectivity index is 1.87. The summed E-state index contributed by atoms with van der Waals surface area (Å²) in [5.41, 5.74) is 0.818. The van der Waals surface area contributed by atoms with Gasteiger partial charge < -0.3 is 20.1 Å². The third kappa shape index (κ3) is 6.85. The molecule has 10 nitrogen and oxygen atoms in total. The fourth-order valence-electron chi connectivity index (χ4n) is 3.71. The van der Waals surface area contributed by atoms with Gasteiger partial charge in [0.1, 0.15) is 16.7 Å². The summed E-state index contributed by atoms with van der Waals surface area (Å²) in [6, 6.07) is 18.3. The van der Waals surface area contributed by atoms with Crippen LogP contribution in [0.1, 0.15) is 22.8 Å². The number of carbonyl (C=O) groups excluding carboxylic acids is 2. The van der Waals surface area contributed by atoms with Crippen LogP contribution in [0.2, 0.25) is 0 Å². The number of likely N-dealkylation sites (N-methyl/N-ethyl adjacent to an activating group) is 1. The first-order chi connectivity index (χ1) is 17.7. The quantitative estimate of drug-likeness (QED) is 0.369. The van der Waals surface area contributed by atoms with E-state index < -0.39 is 44.4 Å². The van der Waals surface area contributed by atoms with E-state index in [-0.39, 0.29) is 13.0 Å². The summed E-state index contributed by atoms with van der Waals surface area (Å²) in [6.07, 6.45) is 0.0888. The van der Waals surface area contributed by atoms with Gasteiger partial charge >= 0.3 is 12.0 Å². The minimum atomic E-state index is -4.55. The normalized spacial score (nSPS) is 11.7. The third-order valence-electron chi connectivity index (χ3n) is 5.49. The van der Waals surface area contributed by atoms with Crippen LogP contribution in [0.3, 0.4) is 0 Å². The van der Waals surface area contributed by atoms with Crippen LogP contribution in [0.25, 0.3) is 0 Å². The minimum absolute atomic E-state index is 0.0888. The van der Waals surface area contributed by atoms with E-state index in [1.54, 1.807) is 55.5 Å². The van der Waals surface area contributed by atoms with Crippen molar-refractivity contribution in [2.75, 3.05) is 18.6 Å². The van der Waals surface area contributed by atoms with Crippen LogP contribution in [0.5, 0.6) is 5.75 Å². The lowest BCUT2D eigenvalue weighted by molar-refractivity contribution is -0.120. The molecule has 1 unspecified atom stereocenters. The molecule has 0 fully saturated rings. The Morgan fingerprint density at radius 1 is 0.946 bits per heavy atom. The van der Waals surface area contributed by atoms with Gasteiger partial charge in [-0.05, 0) is 48.9 Å². The first-order valence-electron chi connectivity index (χ1n) is 11.3. The molecule has 0 radical (unpaired) electrons. The first-order valence-corrected chi connectivity index (χ1v) is 12.8. The summed E-state index contributed by atoms with van der Waals surface area (Å²) in [6.45, 7) is 2.05. The number of benzene rings is 3. The highest BCUT2D eigenvalue weighted by molar-refractivity contribution is 7.90. The molecule has 0 aromatic heterocycles. The van der Waals surface area contributed by atoms with Crippen LogP contribution in [0, 0.1) is 0 Å². The van der Waals surface area contributed by atoms with E-state index in [4.69, 9.17) is 4.74 Å². The van der Waals surface area contributed by atoms with Crippen molar-refractivity contribution < 1.29 is 32.6 Å². The summed E-state index contributed by atoms with van der Waals surface area (Å²) in [5.74, 6) is -1.32. The Hall–Kier alpha value is -4.38. The van der Waals surface area contributed by atoms with Gasteiger partial charge in [0.15, 0.2) is 0 Å². The van der Waals surface area contributed by atoms with Crippen molar-refractivity contribution in [3.8, 4) is 5.75 Å². The number of ether oxygens (including phenoxy) is 1. The molecule has 0 aliphatic rings. The van der Waals surface area contributed by atoms with Crippen molar-refractivity contribution in [1.82, 2.24) is 10.0 Å². The Kier molecular flexibility index (Phi) is 8.86. The Bertz CT molecular complexity index is 1360. The highest BCUT2D eigenvalue weighted by atomic mass is 32.2. The molecule has 3 aromatic rings. The van der Waals surface area contributed by atoms with Crippen molar-refractivity contribution in [3.63, 3.8) is 0 Å². The number of nitrogens with one attached hydrogen (secondary N) is 2. The highest BCUT2D eigenvalue weighted by Crippen LogP contribution is 2.21. The molecule has 11 heteroatoms. The van der Waals surface area contributed by atoms with Crippen LogP contribution >= 0.6 is 0 Å². The van der Waals surface area contributed by atoms with Crippen LogP contribution in [-0.2, 0) is 21.2 Å². The summed E-state index contributed by atoms with van der Waals surface area (Å²) in [4.78, 5) is 38.7. The maximum Gasteiger partial charge on any atom is 0.337 e. The SMILES string of the molecule is CCN(C(=O)C(Cc1ccccc1)NC(=O)NS(=O)(=O)c1ccccc1C(=O)O)c1ccc(OC)cc1. The maximum atomic E-state index is 13.6. The van der Waals surface area contributed by atoms with Gasteiger partial charge in [0.25, 0.3) is 10.0 Å². The topological polar surface area (TPSA) is 142 Å². The van der Waals surface area contributed by atoms with Gasteiger partial charge in [0.2, 0.25) is 5.91 Å². The number of aromatic carboxylic acids is 1. The van der Waals surface area contributed by atoms with Crippen molar-refractivity contribution >= 4 is 33.6 Å². The largest absolute Gasteiger partial charge is 0.497 e. The van der Waals surface area contributed by atoms with Crippen molar-refractivity contribution in [2.45, 2.75) is 24.3 Å². The monoisotopic (exact) mass is 525 g/mol. The Labute approximate surface area is 214 Å². The number of sulfonamides is 1. The number of carboxylic acids is 1. The lowest BCUT2D eigenvalue weighted by Crippen LogP contribution is -2.53. The van der Waals surface area contributed by atoms with E-state index in [1.165, 1.54) is 24.1 Å². The van der Waals surface area contributed by atoms with Gasteiger partial charge in [0, 0.05) is 18.7 Å². The number of carbonyl (C=O) groups is 3. The van der Waals surface area contributed by atoms with E-state index in [9.17, 15) is 27.9 Å². The molecule has 3 aromatic carbocycles. The standard InChI is InChI=1S/C26H27N3O7S/c1-3-29(19-13-15-20(36-2)16-14-19)24(30)22(17-18-9-5-4-6-10-18)27-26(33)28-37(34,35)23-12-8-7-11-21(23)25(31)32/h4-16,22H,3,17H2,1-2H3,(H,31,32)(H2,27,28,33). The van der Waals surface area contributed by atoms with E-state index in [2.05, 4.69) is 5.32 Å². The molecule has 3 N–H and O–H groups in total. The second kappa shape index (κ2) is 12.0. The van der Waals surface area contributed by atoms with E-state index in [0.29, 0.717) is 11.4 Å². The summed E-state index contributed by atoms with van der Waals surface area (Å²) in [5, 5.41) is 11.8. The average molecular weight is 526 g/mol. The second-order valence-corrected chi connectivity index (χ2v) is 9.55. The number of amides is 3. The molecule has 0 heterocycles. The van der Waals surface area contributed by atoms with Crippen molar-refractivity contribution in [2.24, 2.45) is 0 Å². The molecule has 0 aliphatic carbocycles. The van der Waals surface area contributed by atoms with Gasteiger partial charge in [-0.3, -0.25) is 4.79 Å². The van der Waals surface area contributed by atoms with E-state index >= 15 is 0 Å². The van der Waals surface area contributed by atoms with Crippen molar-refractivity contribution in [1.29, 1.82) is 0 Å². The summed E-state index contributed by atoms with van der Waals surface area (Å²) >= 11 is 0. The number of urea groups is 1. The summed E-state index contributed by atoms with van der Waals surface area (Å²) in [7, 11) is -3.02. The number of carboxylic acid groups (broad SMARTS) is 1. The molecule has 0 bridgehead atoms. The maximum absolute atomic E-state index is 13.6. The fraction of sp³-hybridized carbons (Fsp3) is 0.192. The molecular weight excluding hydrogens is 498 g/mol. The molecule has 0 saturated heterocycles. The smallest absolute Gasteiger partial charge is 0.337 e. The molecule has 0 aliphatic heterocycles. The number of nitrogens with zero attached hydrogens (tertiary/aromatic N) is 1. The zero-order chi connectivity index (χ0) is 27.0. The first kappa shape index (κ1) is 27.2. The van der Waals surface area contributed by atoms with Gasteiger partial charge in [0.05, 0.1) is 12.7 Å². The molecule has 3 amide bonds. The lowest BCUT2D eigenvalue weighted by atomic mass is 10.0. The molecular formula is C26H27N3O7S. The zero-order valence-corrected chi connectivity index (χ0v) is 21.1. The van der Waals surface area contributed by atoms with Gasteiger partial charge in [-0.1, -0.05) is 42.5 Å². The van der Waals surface area contributed by atoms with Crippen LogP contribution < -0.4 is 19.7 Å². The third-order valence-corrected chi connectivity index (χ3v) is 6.88. The lowest BCUT2D eigenvalue weighted by Gasteiger charge is -2.27. The van der Waals surface area contributed by atoms with Crippen LogP contribution in [0.4, 0.5) is 10.5 Å². The zero-order valence-electron chi connectivity index (χ0n) is 20.2. The minimum Gasteiger partial charge on any atom is -0.497 e. The highest BCUT2D eigenvalue weighted by Gasteiger charge is 2.29. The van der Waals surface area contributed by atoms with E-state index in [0.717, 1.165) is 17.7 Å². The number of methoxy groups -OCH3 is 1. The molecule has 194 valence electrons.